The minimum Gasteiger partial charge on any atom is -0.376 e. The molecule has 1 heterocycles. The van der Waals surface area contributed by atoms with Crippen molar-refractivity contribution in [1.82, 2.24) is 4.98 Å². The third kappa shape index (κ3) is 3.40. The highest BCUT2D eigenvalue weighted by molar-refractivity contribution is 7.87. The van der Waals surface area contributed by atoms with Crippen LogP contribution in [0.1, 0.15) is 5.69 Å². The van der Waals surface area contributed by atoms with Crippen molar-refractivity contribution >= 4 is 38.3 Å². The lowest BCUT2D eigenvalue weighted by atomic mass is 10.2. The normalized spacial score (nSPS) is 11.4. The predicted molar refractivity (Wildman–Crippen MR) is 92.4 cm³/mol. The van der Waals surface area contributed by atoms with Crippen LogP contribution in [0.5, 0.6) is 5.75 Å². The number of para-hydroxylation sites is 1. The standard InChI is InChI=1S/C16H11ClN2O5S/c1-10-5-6-11-3-2-4-14(16(11)18-10)24-25(22,23)15-8-7-12(17)9-13(15)19(20)21/h2-9H,1H3. The summed E-state index contributed by atoms with van der Waals surface area (Å²) in [6.45, 7) is 1.76. The van der Waals surface area contributed by atoms with Crippen molar-refractivity contribution in [1.29, 1.82) is 0 Å². The molecule has 0 N–H and O–H groups in total. The van der Waals surface area contributed by atoms with Gasteiger partial charge in [-0.1, -0.05) is 29.8 Å². The molecule has 0 aliphatic carbocycles. The maximum atomic E-state index is 12.6. The Bertz CT molecular complexity index is 1100. The Balaban J connectivity index is 2.12. The van der Waals surface area contributed by atoms with E-state index >= 15 is 0 Å². The second kappa shape index (κ2) is 6.30. The molecule has 0 bridgehead atoms. The fourth-order valence-electron chi connectivity index (χ4n) is 2.29. The quantitative estimate of drug-likeness (QED) is 0.388. The monoisotopic (exact) mass is 378 g/mol. The van der Waals surface area contributed by atoms with E-state index in [9.17, 15) is 18.5 Å². The number of nitro benzene ring substituents is 1. The Hall–Kier alpha value is -2.71. The molecule has 3 aromatic rings. The van der Waals surface area contributed by atoms with Crippen LogP contribution in [0.15, 0.2) is 53.4 Å². The van der Waals surface area contributed by atoms with Crippen LogP contribution >= 0.6 is 11.6 Å². The van der Waals surface area contributed by atoms with E-state index in [-0.39, 0.29) is 10.8 Å². The van der Waals surface area contributed by atoms with Gasteiger partial charge in [-0.25, -0.2) is 4.98 Å². The highest BCUT2D eigenvalue weighted by atomic mass is 35.5. The molecule has 2 aromatic carbocycles. The number of benzene rings is 2. The van der Waals surface area contributed by atoms with Crippen LogP contribution < -0.4 is 4.18 Å². The van der Waals surface area contributed by atoms with Crippen LogP contribution in [0, 0.1) is 17.0 Å². The topological polar surface area (TPSA) is 99.4 Å². The van der Waals surface area contributed by atoms with Crippen molar-refractivity contribution < 1.29 is 17.5 Å². The first-order valence-corrected chi connectivity index (χ1v) is 8.81. The average molecular weight is 379 g/mol. The molecule has 9 heteroatoms. The van der Waals surface area contributed by atoms with Crippen LogP contribution in [-0.4, -0.2) is 18.3 Å². The maximum Gasteiger partial charge on any atom is 0.346 e. The highest BCUT2D eigenvalue weighted by Gasteiger charge is 2.28. The van der Waals surface area contributed by atoms with Gasteiger partial charge >= 0.3 is 10.1 Å². The first-order valence-electron chi connectivity index (χ1n) is 7.03. The zero-order valence-corrected chi connectivity index (χ0v) is 14.4. The van der Waals surface area contributed by atoms with E-state index in [0.29, 0.717) is 16.6 Å². The van der Waals surface area contributed by atoms with Gasteiger partial charge in [-0.2, -0.15) is 8.42 Å². The van der Waals surface area contributed by atoms with Crippen LogP contribution in [0.3, 0.4) is 0 Å². The molecule has 0 radical (unpaired) electrons. The summed E-state index contributed by atoms with van der Waals surface area (Å²) < 4.78 is 30.3. The summed E-state index contributed by atoms with van der Waals surface area (Å²) in [7, 11) is -4.45. The Morgan fingerprint density at radius 2 is 1.92 bits per heavy atom. The minimum absolute atomic E-state index is 0.00884. The number of hydrogen-bond acceptors (Lipinski definition) is 6. The van der Waals surface area contributed by atoms with Gasteiger partial charge in [0.15, 0.2) is 10.6 Å². The lowest BCUT2D eigenvalue weighted by Gasteiger charge is -2.10. The molecular formula is C16H11ClN2O5S. The molecule has 0 saturated carbocycles. The number of nitrogens with zero attached hydrogens (tertiary/aromatic N) is 2. The summed E-state index contributed by atoms with van der Waals surface area (Å²) in [5, 5.41) is 11.9. The number of nitro groups is 1. The van der Waals surface area contributed by atoms with Crippen LogP contribution in [0.2, 0.25) is 5.02 Å². The Morgan fingerprint density at radius 3 is 2.64 bits per heavy atom. The van der Waals surface area contributed by atoms with Gasteiger partial charge in [0.1, 0.15) is 5.52 Å². The third-order valence-electron chi connectivity index (χ3n) is 3.41. The van der Waals surface area contributed by atoms with E-state index in [1.165, 1.54) is 12.1 Å². The summed E-state index contributed by atoms with van der Waals surface area (Å²) in [5.41, 5.74) is 0.373. The molecule has 0 atom stereocenters. The van der Waals surface area contributed by atoms with Crippen molar-refractivity contribution in [2.75, 3.05) is 0 Å². The van der Waals surface area contributed by atoms with Gasteiger partial charge in [-0.3, -0.25) is 10.1 Å². The van der Waals surface area contributed by atoms with Crippen LogP contribution in [-0.2, 0) is 10.1 Å². The molecule has 3 rings (SSSR count). The number of rotatable bonds is 4. The van der Waals surface area contributed by atoms with Gasteiger partial charge in [-0.15, -0.1) is 0 Å². The number of hydrogen-bond donors (Lipinski definition) is 0. The Kier molecular flexibility index (Phi) is 4.32. The van der Waals surface area contributed by atoms with Gasteiger partial charge in [-0.05, 0) is 31.2 Å². The Morgan fingerprint density at radius 1 is 1.16 bits per heavy atom. The zero-order valence-electron chi connectivity index (χ0n) is 12.8. The molecule has 0 saturated heterocycles. The first kappa shape index (κ1) is 17.1. The predicted octanol–water partition coefficient (Wildman–Crippen LogP) is 3.87. The molecule has 0 fully saturated rings. The molecule has 0 aliphatic rings. The minimum atomic E-state index is -4.45. The summed E-state index contributed by atoms with van der Waals surface area (Å²) >= 11 is 5.72. The van der Waals surface area contributed by atoms with Crippen molar-refractivity contribution in [3.63, 3.8) is 0 Å². The molecule has 0 unspecified atom stereocenters. The fourth-order valence-corrected chi connectivity index (χ4v) is 3.54. The lowest BCUT2D eigenvalue weighted by molar-refractivity contribution is -0.387. The number of aryl methyl sites for hydroxylation is 1. The molecule has 0 spiro atoms. The maximum absolute atomic E-state index is 12.6. The van der Waals surface area contributed by atoms with Gasteiger partial charge in [0.2, 0.25) is 0 Å². The summed E-state index contributed by atoms with van der Waals surface area (Å²) in [4.78, 5) is 14.0. The van der Waals surface area contributed by atoms with Crippen LogP contribution in [0.25, 0.3) is 10.9 Å². The molecule has 7 nitrogen and oxygen atoms in total. The van der Waals surface area contributed by atoms with Gasteiger partial charge in [0, 0.05) is 22.2 Å². The van der Waals surface area contributed by atoms with Crippen molar-refractivity contribution in [3.05, 3.63) is 69.4 Å². The van der Waals surface area contributed by atoms with E-state index < -0.39 is 25.6 Å². The lowest BCUT2D eigenvalue weighted by Crippen LogP contribution is -2.12. The van der Waals surface area contributed by atoms with E-state index in [0.717, 1.165) is 12.1 Å². The largest absolute Gasteiger partial charge is 0.376 e. The smallest absolute Gasteiger partial charge is 0.346 e. The fraction of sp³-hybridized carbons (Fsp3) is 0.0625. The van der Waals surface area contributed by atoms with Crippen molar-refractivity contribution in [3.8, 4) is 5.75 Å². The van der Waals surface area contributed by atoms with Gasteiger partial charge in [0.25, 0.3) is 5.69 Å². The number of fused-ring (bicyclic) bond motifs is 1. The van der Waals surface area contributed by atoms with Gasteiger partial charge in [0.05, 0.1) is 4.92 Å². The molecular weight excluding hydrogens is 368 g/mol. The SMILES string of the molecule is Cc1ccc2cccc(OS(=O)(=O)c3ccc(Cl)cc3[N+](=O)[O-])c2n1. The molecule has 0 amide bonds. The summed E-state index contributed by atoms with van der Waals surface area (Å²) in [6, 6.07) is 11.6. The summed E-state index contributed by atoms with van der Waals surface area (Å²) in [6.07, 6.45) is 0. The third-order valence-corrected chi connectivity index (χ3v) is 4.93. The highest BCUT2D eigenvalue weighted by Crippen LogP contribution is 2.31. The second-order valence-corrected chi connectivity index (χ2v) is 7.14. The first-order chi connectivity index (χ1) is 11.8. The van der Waals surface area contributed by atoms with E-state index in [1.54, 1.807) is 31.2 Å². The number of aromatic nitrogens is 1. The zero-order chi connectivity index (χ0) is 18.2. The summed E-state index contributed by atoms with van der Waals surface area (Å²) in [5.74, 6) is -0.00884. The van der Waals surface area contributed by atoms with E-state index in [4.69, 9.17) is 15.8 Å². The second-order valence-electron chi connectivity index (χ2n) is 5.19. The van der Waals surface area contributed by atoms with E-state index in [1.807, 2.05) is 0 Å². The molecule has 1 aromatic heterocycles. The number of halogens is 1. The number of pyridine rings is 1. The molecule has 128 valence electrons. The Labute approximate surface area is 148 Å². The van der Waals surface area contributed by atoms with E-state index in [2.05, 4.69) is 4.98 Å². The van der Waals surface area contributed by atoms with Gasteiger partial charge < -0.3 is 4.18 Å². The van der Waals surface area contributed by atoms with Crippen LogP contribution in [0.4, 0.5) is 5.69 Å². The molecule has 25 heavy (non-hydrogen) atoms. The average Bonchev–Trinajstić information content (AvgIpc) is 2.54. The van der Waals surface area contributed by atoms with Crippen molar-refractivity contribution in [2.45, 2.75) is 11.8 Å². The van der Waals surface area contributed by atoms with Crippen molar-refractivity contribution in [2.24, 2.45) is 0 Å². The molecule has 0 aliphatic heterocycles.